The fourth-order valence-corrected chi connectivity index (χ4v) is 1.30. The molecule has 2 nitrogen and oxygen atoms in total. The summed E-state index contributed by atoms with van der Waals surface area (Å²) in [5.41, 5.74) is 0.811. The van der Waals surface area contributed by atoms with Gasteiger partial charge < -0.3 is 12.9 Å². The Morgan fingerprint density at radius 1 is 1.00 bits per heavy atom. The molecule has 0 saturated heterocycles. The number of benzene rings is 1. The maximum absolute atomic E-state index is 12.3. The predicted molar refractivity (Wildman–Crippen MR) is 52.7 cm³/mol. The van der Waals surface area contributed by atoms with Crippen LogP contribution in [0, 0.1) is 0 Å². The van der Waals surface area contributed by atoms with E-state index in [9.17, 15) is 12.9 Å². The van der Waals surface area contributed by atoms with Crippen LogP contribution in [0.3, 0.4) is 0 Å². The maximum atomic E-state index is 12.3. The number of halogens is 3. The Hall–Kier alpha value is -0.0787. The van der Waals surface area contributed by atoms with Crippen LogP contribution in [0.5, 0.6) is 0 Å². The molecule has 0 aliphatic carbocycles. The van der Waals surface area contributed by atoms with E-state index >= 15 is 0 Å². The molecular formula is C9H7BF3KN2. The third-order valence-electron chi connectivity index (χ3n) is 2.10. The fourth-order valence-electron chi connectivity index (χ4n) is 1.30. The largest absolute Gasteiger partial charge is 1.00 e. The molecule has 1 heterocycles. The molecule has 0 unspecified atom stereocenters. The average molecular weight is 250 g/mol. The monoisotopic (exact) mass is 250 g/mol. The molecule has 0 bridgehead atoms. The van der Waals surface area contributed by atoms with Crippen molar-refractivity contribution in [3.8, 4) is 11.3 Å². The van der Waals surface area contributed by atoms with Gasteiger partial charge in [-0.1, -0.05) is 24.3 Å². The number of nitrogens with one attached hydrogen (secondary N) is 1. The van der Waals surface area contributed by atoms with Crippen molar-refractivity contribution in [1.29, 1.82) is 0 Å². The first kappa shape index (κ1) is 14.0. The van der Waals surface area contributed by atoms with E-state index in [-0.39, 0.29) is 51.4 Å². The van der Waals surface area contributed by atoms with Gasteiger partial charge in [0.1, 0.15) is 0 Å². The number of aromatic nitrogens is 2. The van der Waals surface area contributed by atoms with Crippen molar-refractivity contribution in [3.63, 3.8) is 0 Å². The van der Waals surface area contributed by atoms with Crippen molar-refractivity contribution >= 4 is 12.4 Å². The quantitative estimate of drug-likeness (QED) is 0.690. The molecule has 1 aromatic carbocycles. The minimum atomic E-state index is -4.91. The van der Waals surface area contributed by atoms with Crippen LogP contribution in [0.25, 0.3) is 11.3 Å². The summed E-state index contributed by atoms with van der Waals surface area (Å²) in [6.45, 7) is -4.91. The van der Waals surface area contributed by atoms with Gasteiger partial charge in [-0.3, -0.25) is 5.10 Å². The summed E-state index contributed by atoms with van der Waals surface area (Å²) in [5, 5.41) is 6.41. The molecule has 0 radical (unpaired) electrons. The first-order valence-electron chi connectivity index (χ1n) is 4.37. The molecule has 7 heteroatoms. The summed E-state index contributed by atoms with van der Waals surface area (Å²) >= 11 is 0. The fraction of sp³-hybridized carbons (Fsp3) is 0. The molecule has 0 aliphatic heterocycles. The second-order valence-corrected chi connectivity index (χ2v) is 3.17. The van der Waals surface area contributed by atoms with Crippen molar-refractivity contribution in [3.05, 3.63) is 36.5 Å². The zero-order chi connectivity index (χ0) is 10.9. The van der Waals surface area contributed by atoms with Gasteiger partial charge in [0.25, 0.3) is 0 Å². The van der Waals surface area contributed by atoms with Crippen LogP contribution in [-0.2, 0) is 0 Å². The van der Waals surface area contributed by atoms with Gasteiger partial charge in [-0.2, -0.15) is 5.10 Å². The van der Waals surface area contributed by atoms with E-state index in [1.54, 1.807) is 12.3 Å². The van der Waals surface area contributed by atoms with Crippen LogP contribution < -0.4 is 56.8 Å². The van der Waals surface area contributed by atoms with Gasteiger partial charge in [-0.25, -0.2) is 0 Å². The van der Waals surface area contributed by atoms with Gasteiger partial charge in [0.05, 0.1) is 5.69 Å². The third kappa shape index (κ3) is 3.21. The predicted octanol–water partition coefficient (Wildman–Crippen LogP) is -0.865. The summed E-state index contributed by atoms with van der Waals surface area (Å²) in [6, 6.07) is 6.72. The zero-order valence-electron chi connectivity index (χ0n) is 8.62. The first-order valence-corrected chi connectivity index (χ1v) is 4.37. The van der Waals surface area contributed by atoms with Gasteiger partial charge in [0, 0.05) is 6.20 Å². The average Bonchev–Trinajstić information content (AvgIpc) is 2.69. The zero-order valence-corrected chi connectivity index (χ0v) is 11.7. The summed E-state index contributed by atoms with van der Waals surface area (Å²) in [4.78, 5) is 0. The number of hydrogen-bond acceptors (Lipinski definition) is 1. The Labute approximate surface area is 133 Å². The Morgan fingerprint density at radius 2 is 1.62 bits per heavy atom. The van der Waals surface area contributed by atoms with Crippen LogP contribution in [0.15, 0.2) is 36.5 Å². The number of aromatic amines is 1. The van der Waals surface area contributed by atoms with Crippen molar-refractivity contribution in [1.82, 2.24) is 10.2 Å². The van der Waals surface area contributed by atoms with Crippen molar-refractivity contribution < 1.29 is 64.3 Å². The molecule has 1 aromatic heterocycles. The van der Waals surface area contributed by atoms with E-state index < -0.39 is 12.4 Å². The van der Waals surface area contributed by atoms with Crippen molar-refractivity contribution in [2.45, 2.75) is 0 Å². The van der Waals surface area contributed by atoms with Crippen LogP contribution >= 0.6 is 0 Å². The molecule has 78 valence electrons. The van der Waals surface area contributed by atoms with Gasteiger partial charge >= 0.3 is 58.4 Å². The maximum Gasteiger partial charge on any atom is 1.00 e. The molecule has 0 saturated carbocycles. The van der Waals surface area contributed by atoms with Crippen LogP contribution in [0.1, 0.15) is 0 Å². The summed E-state index contributed by atoms with van der Waals surface area (Å²) in [5.74, 6) is 0. The molecule has 0 spiro atoms. The smallest absolute Gasteiger partial charge is 0.445 e. The SMILES string of the molecule is F[B-](F)(F)c1ccc(-c2ccn[nH]2)cc1.[K+]. The second-order valence-electron chi connectivity index (χ2n) is 3.17. The Kier molecular flexibility index (Phi) is 4.81. The minimum Gasteiger partial charge on any atom is -0.445 e. The summed E-state index contributed by atoms with van der Waals surface area (Å²) in [7, 11) is 0. The Morgan fingerprint density at radius 3 is 2.06 bits per heavy atom. The normalized spacial score (nSPS) is 10.9. The van der Waals surface area contributed by atoms with E-state index in [1.807, 2.05) is 0 Å². The number of rotatable bonds is 2. The van der Waals surface area contributed by atoms with Crippen LogP contribution in [0.4, 0.5) is 12.9 Å². The second kappa shape index (κ2) is 5.50. The number of nitrogens with zero attached hydrogens (tertiary/aromatic N) is 1. The number of H-pyrrole nitrogens is 1. The molecule has 1 N–H and O–H groups in total. The van der Waals surface area contributed by atoms with Gasteiger partial charge in [-0.05, 0) is 11.6 Å². The molecule has 2 rings (SSSR count). The third-order valence-corrected chi connectivity index (χ3v) is 2.10. The van der Waals surface area contributed by atoms with E-state index in [0.29, 0.717) is 11.3 Å². The Bertz CT molecular complexity index is 439. The van der Waals surface area contributed by atoms with Gasteiger partial charge in [0.2, 0.25) is 0 Å². The molecule has 0 aliphatic rings. The van der Waals surface area contributed by atoms with E-state index in [0.717, 1.165) is 12.1 Å². The number of hydrogen-bond donors (Lipinski definition) is 1. The first-order chi connectivity index (χ1) is 7.07. The Balaban J connectivity index is 0.00000128. The van der Waals surface area contributed by atoms with Crippen molar-refractivity contribution in [2.75, 3.05) is 0 Å². The summed E-state index contributed by atoms with van der Waals surface area (Å²) in [6.07, 6.45) is 1.55. The van der Waals surface area contributed by atoms with Gasteiger partial charge in [-0.15, -0.1) is 5.46 Å². The van der Waals surface area contributed by atoms with Crippen LogP contribution in [0.2, 0.25) is 0 Å². The van der Waals surface area contributed by atoms with E-state index in [2.05, 4.69) is 10.2 Å². The topological polar surface area (TPSA) is 28.7 Å². The molecule has 0 atom stereocenters. The summed E-state index contributed by atoms with van der Waals surface area (Å²) < 4.78 is 36.9. The molecule has 0 amide bonds. The standard InChI is InChI=1S/C9H7BF3N2.K/c11-10(12,13)8-3-1-7(2-4-8)9-5-6-14-15-9;/h1-6H,(H,14,15);/q-1;+1. The van der Waals surface area contributed by atoms with E-state index in [4.69, 9.17) is 0 Å². The molecule has 0 fully saturated rings. The van der Waals surface area contributed by atoms with Crippen LogP contribution in [-0.4, -0.2) is 17.2 Å². The van der Waals surface area contributed by atoms with E-state index in [1.165, 1.54) is 12.1 Å². The minimum absolute atomic E-state index is 0. The van der Waals surface area contributed by atoms with Crippen molar-refractivity contribution in [2.24, 2.45) is 0 Å². The molecule has 16 heavy (non-hydrogen) atoms. The van der Waals surface area contributed by atoms with Gasteiger partial charge in [0.15, 0.2) is 0 Å². The molecular weight excluding hydrogens is 243 g/mol. The molecule has 2 aromatic rings.